The highest BCUT2D eigenvalue weighted by Crippen LogP contribution is 2.30. The molecule has 204 valence electrons. The summed E-state index contributed by atoms with van der Waals surface area (Å²) in [6.45, 7) is 6.67. The standard InChI is InChI=1S/C30H31N7O3/c1-30(2,3)17-20(18-31)28(38)35-15-13-22(14-16-35)37-27-25(26(32)33-19-34-27)36(29(37)39)21-9-11-24(12-10-21)40-23-7-5-4-6-8-23/h4-12,17,19,22H,13-16H2,1-3H3,(H2,32,33,34). The van der Waals surface area contributed by atoms with Gasteiger partial charge in [0.25, 0.3) is 5.91 Å². The van der Waals surface area contributed by atoms with Gasteiger partial charge in [-0.1, -0.05) is 45.0 Å². The minimum Gasteiger partial charge on any atom is -0.457 e. The van der Waals surface area contributed by atoms with Crippen molar-refractivity contribution in [1.29, 1.82) is 5.26 Å². The molecule has 10 heteroatoms. The first-order chi connectivity index (χ1) is 19.2. The number of fused-ring (bicyclic) bond motifs is 1. The number of aromatic nitrogens is 4. The van der Waals surface area contributed by atoms with E-state index >= 15 is 0 Å². The topological polar surface area (TPSA) is 132 Å². The second-order valence-electron chi connectivity index (χ2n) is 10.9. The smallest absolute Gasteiger partial charge is 0.335 e. The number of rotatable bonds is 5. The zero-order chi connectivity index (χ0) is 28.4. The van der Waals surface area contributed by atoms with Crippen LogP contribution in [-0.2, 0) is 4.79 Å². The maximum atomic E-state index is 13.9. The second-order valence-corrected chi connectivity index (χ2v) is 10.9. The van der Waals surface area contributed by atoms with Gasteiger partial charge in [-0.25, -0.2) is 14.8 Å². The van der Waals surface area contributed by atoms with Crippen molar-refractivity contribution in [3.8, 4) is 23.3 Å². The van der Waals surface area contributed by atoms with Crippen molar-refractivity contribution in [1.82, 2.24) is 24.0 Å². The van der Waals surface area contributed by atoms with Crippen LogP contribution in [0.3, 0.4) is 0 Å². The van der Waals surface area contributed by atoms with Crippen molar-refractivity contribution in [2.24, 2.45) is 5.41 Å². The van der Waals surface area contributed by atoms with Gasteiger partial charge in [-0.2, -0.15) is 5.26 Å². The molecule has 0 spiro atoms. The molecule has 0 radical (unpaired) electrons. The van der Waals surface area contributed by atoms with Crippen LogP contribution in [0.15, 0.2) is 77.4 Å². The van der Waals surface area contributed by atoms with E-state index < -0.39 is 0 Å². The molecule has 1 aliphatic rings. The molecule has 0 unspecified atom stereocenters. The van der Waals surface area contributed by atoms with Crippen molar-refractivity contribution in [2.75, 3.05) is 18.8 Å². The molecule has 5 rings (SSSR count). The lowest BCUT2D eigenvalue weighted by Gasteiger charge is -2.32. The Kier molecular flexibility index (Phi) is 7.13. The lowest BCUT2D eigenvalue weighted by Crippen LogP contribution is -2.41. The van der Waals surface area contributed by atoms with Crippen LogP contribution in [0.5, 0.6) is 11.5 Å². The summed E-state index contributed by atoms with van der Waals surface area (Å²) in [6, 6.07) is 18.5. The Bertz CT molecular complexity index is 1670. The highest BCUT2D eigenvalue weighted by Gasteiger charge is 2.30. The molecular formula is C30H31N7O3. The number of nitrogens with two attached hydrogens (primary N) is 1. The van der Waals surface area contributed by atoms with Gasteiger partial charge < -0.3 is 15.4 Å². The highest BCUT2D eigenvalue weighted by molar-refractivity contribution is 5.97. The third kappa shape index (κ3) is 5.31. The Morgan fingerprint density at radius 1 is 1.05 bits per heavy atom. The summed E-state index contributed by atoms with van der Waals surface area (Å²) in [5.41, 5.74) is 7.30. The van der Waals surface area contributed by atoms with E-state index in [4.69, 9.17) is 10.5 Å². The fraction of sp³-hybridized carbons (Fsp3) is 0.300. The van der Waals surface area contributed by atoms with Gasteiger partial charge in [0.05, 0.1) is 5.69 Å². The van der Waals surface area contributed by atoms with Gasteiger partial charge in [0.1, 0.15) is 35.0 Å². The number of carbonyl (C=O) groups excluding carboxylic acids is 1. The maximum absolute atomic E-state index is 13.9. The Morgan fingerprint density at radius 3 is 2.33 bits per heavy atom. The molecule has 1 amide bonds. The Balaban J connectivity index is 1.43. The van der Waals surface area contributed by atoms with Crippen LogP contribution < -0.4 is 16.2 Å². The van der Waals surface area contributed by atoms with Gasteiger partial charge >= 0.3 is 5.69 Å². The number of nitrogen functional groups attached to an aromatic ring is 1. The van der Waals surface area contributed by atoms with Crippen molar-refractivity contribution in [2.45, 2.75) is 39.7 Å². The number of hydrogen-bond donors (Lipinski definition) is 1. The number of likely N-dealkylation sites (tertiary alicyclic amines) is 1. The summed E-state index contributed by atoms with van der Waals surface area (Å²) in [6.07, 6.45) is 4.12. The fourth-order valence-electron chi connectivity index (χ4n) is 5.00. The summed E-state index contributed by atoms with van der Waals surface area (Å²) in [4.78, 5) is 37.1. The number of nitriles is 1. The molecule has 1 aliphatic heterocycles. The van der Waals surface area contributed by atoms with Gasteiger partial charge in [-0.15, -0.1) is 0 Å². The normalized spacial score (nSPS) is 14.8. The Hall–Kier alpha value is -4.91. The van der Waals surface area contributed by atoms with Gasteiger partial charge in [-0.3, -0.25) is 13.9 Å². The second kappa shape index (κ2) is 10.7. The maximum Gasteiger partial charge on any atom is 0.335 e. The molecule has 0 atom stereocenters. The first-order valence-corrected chi connectivity index (χ1v) is 13.2. The number of hydrogen-bond acceptors (Lipinski definition) is 7. The summed E-state index contributed by atoms with van der Waals surface area (Å²) in [5.74, 6) is 1.26. The van der Waals surface area contributed by atoms with Crippen LogP contribution in [0, 0.1) is 16.7 Å². The largest absolute Gasteiger partial charge is 0.457 e. The molecule has 4 aromatic rings. The van der Waals surface area contributed by atoms with Crippen molar-refractivity contribution >= 4 is 22.9 Å². The lowest BCUT2D eigenvalue weighted by atomic mass is 9.93. The van der Waals surface area contributed by atoms with Gasteiger partial charge in [0, 0.05) is 19.1 Å². The average molecular weight is 538 g/mol. The number of nitrogens with zero attached hydrogens (tertiary/aromatic N) is 6. The monoisotopic (exact) mass is 537 g/mol. The zero-order valence-corrected chi connectivity index (χ0v) is 22.7. The van der Waals surface area contributed by atoms with Crippen LogP contribution in [0.1, 0.15) is 39.7 Å². The minimum atomic E-state index is -0.292. The summed E-state index contributed by atoms with van der Waals surface area (Å²) >= 11 is 0. The first-order valence-electron chi connectivity index (χ1n) is 13.2. The zero-order valence-electron chi connectivity index (χ0n) is 22.7. The lowest BCUT2D eigenvalue weighted by molar-refractivity contribution is -0.128. The molecule has 0 saturated carbocycles. The summed E-state index contributed by atoms with van der Waals surface area (Å²) < 4.78 is 9.07. The van der Waals surface area contributed by atoms with Crippen molar-refractivity contribution in [3.05, 3.63) is 83.1 Å². The first kappa shape index (κ1) is 26.7. The molecular weight excluding hydrogens is 506 g/mol. The van der Waals surface area contributed by atoms with E-state index in [1.165, 1.54) is 10.9 Å². The molecule has 2 aromatic carbocycles. The average Bonchev–Trinajstić information content (AvgIpc) is 3.25. The molecule has 40 heavy (non-hydrogen) atoms. The SMILES string of the molecule is CC(C)(C)C=C(C#N)C(=O)N1CCC(n2c(=O)n(-c3ccc(Oc4ccccc4)cc3)c3c(N)ncnc32)CC1. The van der Waals surface area contributed by atoms with Crippen LogP contribution in [0.2, 0.25) is 0 Å². The Morgan fingerprint density at radius 2 is 1.70 bits per heavy atom. The van der Waals surface area contributed by atoms with Crippen LogP contribution >= 0.6 is 0 Å². The molecule has 2 N–H and O–H groups in total. The predicted octanol–water partition coefficient (Wildman–Crippen LogP) is 4.62. The number of anilines is 1. The quantitative estimate of drug-likeness (QED) is 0.290. The molecule has 1 fully saturated rings. The van der Waals surface area contributed by atoms with E-state index in [2.05, 4.69) is 9.97 Å². The van der Waals surface area contributed by atoms with Crippen LogP contribution in [0.25, 0.3) is 16.9 Å². The molecule has 1 saturated heterocycles. The number of allylic oxidation sites excluding steroid dienone is 1. The molecule has 2 aromatic heterocycles. The third-order valence-electron chi connectivity index (χ3n) is 6.80. The minimum absolute atomic E-state index is 0.139. The Labute approximate surface area is 231 Å². The molecule has 10 nitrogen and oxygen atoms in total. The fourth-order valence-corrected chi connectivity index (χ4v) is 5.00. The molecule has 0 bridgehead atoms. The number of piperidine rings is 1. The number of imidazole rings is 1. The van der Waals surface area contributed by atoms with Gasteiger partial charge in [-0.05, 0) is 54.7 Å². The number of benzene rings is 2. The van der Waals surface area contributed by atoms with E-state index in [1.54, 1.807) is 39.8 Å². The van der Waals surface area contributed by atoms with E-state index in [0.29, 0.717) is 54.3 Å². The molecule has 3 heterocycles. The van der Waals surface area contributed by atoms with E-state index in [-0.39, 0.29) is 34.4 Å². The highest BCUT2D eigenvalue weighted by atomic mass is 16.5. The molecule has 0 aliphatic carbocycles. The van der Waals surface area contributed by atoms with Crippen molar-refractivity contribution < 1.29 is 9.53 Å². The van der Waals surface area contributed by atoms with E-state index in [0.717, 1.165) is 0 Å². The van der Waals surface area contributed by atoms with Crippen LogP contribution in [0.4, 0.5) is 5.82 Å². The number of ether oxygens (including phenoxy) is 1. The van der Waals surface area contributed by atoms with Gasteiger partial charge in [0.2, 0.25) is 0 Å². The number of carbonyl (C=O) groups is 1. The summed E-state index contributed by atoms with van der Waals surface area (Å²) in [5, 5.41) is 9.56. The third-order valence-corrected chi connectivity index (χ3v) is 6.80. The number of para-hydroxylation sites is 1. The van der Waals surface area contributed by atoms with Crippen molar-refractivity contribution in [3.63, 3.8) is 0 Å². The van der Waals surface area contributed by atoms with Crippen LogP contribution in [-0.4, -0.2) is 43.0 Å². The van der Waals surface area contributed by atoms with Gasteiger partial charge in [0.15, 0.2) is 11.5 Å². The van der Waals surface area contributed by atoms with E-state index in [9.17, 15) is 14.9 Å². The number of amides is 1. The van der Waals surface area contributed by atoms with E-state index in [1.807, 2.05) is 57.2 Å². The predicted molar refractivity (Wildman–Crippen MR) is 152 cm³/mol. The summed E-state index contributed by atoms with van der Waals surface area (Å²) in [7, 11) is 0.